The standard InChI is InChI=1S/C15H16N2O2S/c1-9-6-7-13(20-9)16-15(19)17-14-11-5-3-2-4-10(11)8-12(14)18/h2-7,12,14,18H,8H2,1H3,(H2,16,17,19)/t12-,14+/m0/s1. The summed E-state index contributed by atoms with van der Waals surface area (Å²) < 4.78 is 0. The van der Waals surface area contributed by atoms with Crippen molar-refractivity contribution in [3.05, 3.63) is 52.4 Å². The number of aliphatic hydroxyl groups is 1. The molecule has 0 saturated carbocycles. The fourth-order valence-corrected chi connectivity index (χ4v) is 3.30. The van der Waals surface area contributed by atoms with Gasteiger partial charge in [0.1, 0.15) is 0 Å². The molecule has 0 aliphatic heterocycles. The Kier molecular flexibility index (Phi) is 3.46. The molecular formula is C15H16N2O2S. The number of anilines is 1. The average Bonchev–Trinajstić information content (AvgIpc) is 2.94. The summed E-state index contributed by atoms with van der Waals surface area (Å²) in [7, 11) is 0. The van der Waals surface area contributed by atoms with Crippen molar-refractivity contribution in [3.63, 3.8) is 0 Å². The number of amides is 2. The van der Waals surface area contributed by atoms with Crippen molar-refractivity contribution in [2.24, 2.45) is 0 Å². The highest BCUT2D eigenvalue weighted by Gasteiger charge is 2.31. The van der Waals surface area contributed by atoms with E-state index in [2.05, 4.69) is 10.6 Å². The van der Waals surface area contributed by atoms with E-state index >= 15 is 0 Å². The average molecular weight is 288 g/mol. The number of carbonyl (C=O) groups excluding carboxylic acids is 1. The van der Waals surface area contributed by atoms with Gasteiger partial charge in [-0.2, -0.15) is 0 Å². The molecule has 1 heterocycles. The first kappa shape index (κ1) is 13.1. The molecule has 2 atom stereocenters. The van der Waals surface area contributed by atoms with Crippen molar-refractivity contribution in [1.29, 1.82) is 0 Å². The number of nitrogens with one attached hydrogen (secondary N) is 2. The van der Waals surface area contributed by atoms with Crippen molar-refractivity contribution in [2.75, 3.05) is 5.32 Å². The molecule has 0 radical (unpaired) electrons. The van der Waals surface area contributed by atoms with Crippen LogP contribution in [0.15, 0.2) is 36.4 Å². The maximum absolute atomic E-state index is 12.0. The Hall–Kier alpha value is -1.85. The van der Waals surface area contributed by atoms with Gasteiger partial charge in [-0.25, -0.2) is 4.79 Å². The number of aryl methyl sites for hydroxylation is 1. The summed E-state index contributed by atoms with van der Waals surface area (Å²) in [6.45, 7) is 1.99. The summed E-state index contributed by atoms with van der Waals surface area (Å²) in [6.07, 6.45) is 0.0161. The van der Waals surface area contributed by atoms with E-state index in [4.69, 9.17) is 0 Å². The lowest BCUT2D eigenvalue weighted by molar-refractivity contribution is 0.144. The highest BCUT2D eigenvalue weighted by Crippen LogP contribution is 2.31. The van der Waals surface area contributed by atoms with Crippen LogP contribution in [-0.4, -0.2) is 17.2 Å². The number of thiophene rings is 1. The van der Waals surface area contributed by atoms with Crippen LogP contribution in [0.2, 0.25) is 0 Å². The first-order valence-corrected chi connectivity index (χ1v) is 7.35. The number of carbonyl (C=O) groups is 1. The van der Waals surface area contributed by atoms with Crippen LogP contribution in [0, 0.1) is 6.92 Å². The number of fused-ring (bicyclic) bond motifs is 1. The van der Waals surface area contributed by atoms with Gasteiger partial charge in [0.2, 0.25) is 0 Å². The second-order valence-electron chi connectivity index (χ2n) is 4.96. The summed E-state index contributed by atoms with van der Waals surface area (Å²) in [5.41, 5.74) is 2.09. The SMILES string of the molecule is Cc1ccc(NC(=O)N[C@@H]2c3ccccc3C[C@@H]2O)s1. The van der Waals surface area contributed by atoms with Crippen molar-refractivity contribution < 1.29 is 9.90 Å². The van der Waals surface area contributed by atoms with E-state index in [1.165, 1.54) is 11.3 Å². The molecule has 3 rings (SSSR count). The zero-order valence-corrected chi connectivity index (χ0v) is 11.9. The second-order valence-corrected chi connectivity index (χ2v) is 6.24. The smallest absolute Gasteiger partial charge is 0.320 e. The lowest BCUT2D eigenvalue weighted by Gasteiger charge is -2.18. The van der Waals surface area contributed by atoms with E-state index in [0.717, 1.165) is 21.0 Å². The summed E-state index contributed by atoms with van der Waals surface area (Å²) in [4.78, 5) is 13.2. The monoisotopic (exact) mass is 288 g/mol. The molecule has 0 bridgehead atoms. The molecule has 5 heteroatoms. The van der Waals surface area contributed by atoms with Crippen LogP contribution >= 0.6 is 11.3 Å². The molecule has 1 aliphatic carbocycles. The van der Waals surface area contributed by atoms with Crippen LogP contribution in [0.4, 0.5) is 9.80 Å². The Bertz CT molecular complexity index is 638. The molecule has 0 fully saturated rings. The van der Waals surface area contributed by atoms with Gasteiger partial charge in [0.25, 0.3) is 0 Å². The molecule has 2 amide bonds. The summed E-state index contributed by atoms with van der Waals surface area (Å²) in [5, 5.41) is 16.5. The van der Waals surface area contributed by atoms with Gasteiger partial charge in [-0.15, -0.1) is 11.3 Å². The Morgan fingerprint density at radius 2 is 2.10 bits per heavy atom. The van der Waals surface area contributed by atoms with Gasteiger partial charge in [0.15, 0.2) is 0 Å². The van der Waals surface area contributed by atoms with Crippen LogP contribution in [0.1, 0.15) is 22.0 Å². The predicted molar refractivity (Wildman–Crippen MR) is 80.1 cm³/mol. The van der Waals surface area contributed by atoms with E-state index in [0.29, 0.717) is 6.42 Å². The molecule has 3 N–H and O–H groups in total. The molecule has 0 unspecified atom stereocenters. The highest BCUT2D eigenvalue weighted by atomic mass is 32.1. The molecule has 0 saturated heterocycles. The normalized spacial score (nSPS) is 20.5. The number of benzene rings is 1. The molecule has 1 aromatic carbocycles. The minimum absolute atomic E-state index is 0.285. The topological polar surface area (TPSA) is 61.4 Å². The molecule has 2 aromatic rings. The number of rotatable bonds is 2. The van der Waals surface area contributed by atoms with Crippen molar-refractivity contribution in [1.82, 2.24) is 5.32 Å². The van der Waals surface area contributed by atoms with Gasteiger partial charge >= 0.3 is 6.03 Å². The van der Waals surface area contributed by atoms with Crippen LogP contribution in [0.25, 0.3) is 0 Å². The molecule has 1 aliphatic rings. The van der Waals surface area contributed by atoms with Gasteiger partial charge in [-0.1, -0.05) is 24.3 Å². The van der Waals surface area contributed by atoms with E-state index in [1.807, 2.05) is 43.3 Å². The highest BCUT2D eigenvalue weighted by molar-refractivity contribution is 7.16. The number of hydrogen-bond acceptors (Lipinski definition) is 3. The zero-order valence-electron chi connectivity index (χ0n) is 11.1. The molecule has 20 heavy (non-hydrogen) atoms. The largest absolute Gasteiger partial charge is 0.390 e. The maximum Gasteiger partial charge on any atom is 0.320 e. The van der Waals surface area contributed by atoms with E-state index in [-0.39, 0.29) is 12.1 Å². The first-order valence-electron chi connectivity index (χ1n) is 6.53. The minimum Gasteiger partial charge on any atom is -0.390 e. The fourth-order valence-electron chi connectivity index (χ4n) is 2.54. The summed E-state index contributed by atoms with van der Waals surface area (Å²) in [6, 6.07) is 11.0. The Morgan fingerprint density at radius 3 is 2.85 bits per heavy atom. The molecular weight excluding hydrogens is 272 g/mol. The Morgan fingerprint density at radius 1 is 1.30 bits per heavy atom. The van der Waals surface area contributed by atoms with Gasteiger partial charge < -0.3 is 10.4 Å². The quantitative estimate of drug-likeness (QED) is 0.795. The summed E-state index contributed by atoms with van der Waals surface area (Å²) in [5.74, 6) is 0. The lowest BCUT2D eigenvalue weighted by Crippen LogP contribution is -2.36. The Balaban J connectivity index is 1.70. The van der Waals surface area contributed by atoms with Crippen LogP contribution < -0.4 is 10.6 Å². The third-order valence-corrected chi connectivity index (χ3v) is 4.38. The van der Waals surface area contributed by atoms with Gasteiger partial charge in [0.05, 0.1) is 17.1 Å². The van der Waals surface area contributed by atoms with Crippen LogP contribution in [-0.2, 0) is 6.42 Å². The minimum atomic E-state index is -0.566. The molecule has 104 valence electrons. The van der Waals surface area contributed by atoms with Crippen LogP contribution in [0.3, 0.4) is 0 Å². The number of urea groups is 1. The van der Waals surface area contributed by atoms with E-state index < -0.39 is 6.10 Å². The van der Waals surface area contributed by atoms with Crippen molar-refractivity contribution in [3.8, 4) is 0 Å². The Labute approximate surface area is 121 Å². The second kappa shape index (κ2) is 5.26. The summed E-state index contributed by atoms with van der Waals surface area (Å²) >= 11 is 1.53. The molecule has 1 aromatic heterocycles. The maximum atomic E-state index is 12.0. The lowest BCUT2D eigenvalue weighted by atomic mass is 10.1. The van der Waals surface area contributed by atoms with Gasteiger partial charge in [-0.05, 0) is 30.2 Å². The van der Waals surface area contributed by atoms with Gasteiger partial charge in [-0.3, -0.25) is 5.32 Å². The first-order chi connectivity index (χ1) is 9.63. The molecule has 4 nitrogen and oxygen atoms in total. The predicted octanol–water partition coefficient (Wildman–Crippen LogP) is 2.84. The third kappa shape index (κ3) is 2.55. The van der Waals surface area contributed by atoms with Crippen molar-refractivity contribution in [2.45, 2.75) is 25.5 Å². The van der Waals surface area contributed by atoms with Crippen LogP contribution in [0.5, 0.6) is 0 Å². The molecule has 0 spiro atoms. The third-order valence-electron chi connectivity index (χ3n) is 3.47. The fraction of sp³-hybridized carbons (Fsp3) is 0.267. The van der Waals surface area contributed by atoms with Crippen molar-refractivity contribution >= 4 is 22.4 Å². The van der Waals surface area contributed by atoms with E-state index in [9.17, 15) is 9.90 Å². The van der Waals surface area contributed by atoms with Gasteiger partial charge in [0, 0.05) is 11.3 Å². The van der Waals surface area contributed by atoms with E-state index in [1.54, 1.807) is 0 Å². The zero-order chi connectivity index (χ0) is 14.1. The number of aliphatic hydroxyl groups excluding tert-OH is 1. The number of hydrogen-bond donors (Lipinski definition) is 3.